The molecule has 4 aromatic carbocycles. The summed E-state index contributed by atoms with van der Waals surface area (Å²) in [6.45, 7) is 9.17. The minimum Gasteiger partial charge on any atom is -0.444 e. The van der Waals surface area contributed by atoms with Crippen molar-refractivity contribution in [2.24, 2.45) is 11.8 Å². The molecular weight excluding hydrogens is 743 g/mol. The largest absolute Gasteiger partial charge is 0.444 e. The number of sulfonamides is 1. The fraction of sp³-hybridized carbons (Fsp3) is 0.432. The Morgan fingerprint density at radius 2 is 1.39 bits per heavy atom. The Labute approximate surface area is 337 Å². The van der Waals surface area contributed by atoms with Gasteiger partial charge in [-0.2, -0.15) is 0 Å². The molecule has 0 fully saturated rings. The van der Waals surface area contributed by atoms with Gasteiger partial charge in [0, 0.05) is 49.6 Å². The number of rotatable bonds is 19. The van der Waals surface area contributed by atoms with Gasteiger partial charge >= 0.3 is 6.09 Å². The number of alkyl carbamates (subject to hydrolysis) is 1. The average Bonchev–Trinajstić information content (AvgIpc) is 3.16. The average molecular weight is 802 g/mol. The Morgan fingerprint density at radius 3 is 1.98 bits per heavy atom. The third-order valence-electron chi connectivity index (χ3n) is 9.84. The Kier molecular flexibility index (Phi) is 16.2. The Bertz CT molecular complexity index is 2040. The van der Waals surface area contributed by atoms with E-state index >= 15 is 0 Å². The summed E-state index contributed by atoms with van der Waals surface area (Å²) in [6.07, 6.45) is -0.814. The lowest BCUT2D eigenvalue weighted by Gasteiger charge is -2.29. The molecule has 3 amide bonds. The highest BCUT2D eigenvalue weighted by molar-refractivity contribution is 7.89. The quantitative estimate of drug-likeness (QED) is 0.0762. The van der Waals surface area contributed by atoms with Gasteiger partial charge in [-0.15, -0.1) is 0 Å². The lowest BCUT2D eigenvalue weighted by molar-refractivity contribution is -0.135. The number of carbonyl (C=O) groups excluding carboxylic acids is 3. The number of aliphatic hydroxyl groups is 1. The van der Waals surface area contributed by atoms with E-state index in [0.29, 0.717) is 11.8 Å². The van der Waals surface area contributed by atoms with Gasteiger partial charge in [0.1, 0.15) is 5.60 Å². The maximum absolute atomic E-state index is 14.0. The number of hydrogen-bond acceptors (Lipinski definition) is 9. The summed E-state index contributed by atoms with van der Waals surface area (Å²) in [5.41, 5.74) is 1.84. The molecular formula is C44H59N5O7S. The monoisotopic (exact) mass is 801 g/mol. The molecule has 0 aromatic heterocycles. The van der Waals surface area contributed by atoms with E-state index in [2.05, 4.69) is 20.7 Å². The molecule has 4 rings (SSSR count). The van der Waals surface area contributed by atoms with Crippen molar-refractivity contribution in [1.29, 1.82) is 0 Å². The summed E-state index contributed by atoms with van der Waals surface area (Å²) in [4.78, 5) is 42.8. The first-order valence-corrected chi connectivity index (χ1v) is 21.0. The first-order valence-electron chi connectivity index (χ1n) is 19.5. The molecule has 12 nitrogen and oxygen atoms in total. The van der Waals surface area contributed by atoms with Crippen LogP contribution in [0.1, 0.15) is 58.6 Å². The number of anilines is 1. The van der Waals surface area contributed by atoms with Crippen molar-refractivity contribution in [3.05, 3.63) is 108 Å². The molecule has 4 aromatic rings. The van der Waals surface area contributed by atoms with Crippen LogP contribution in [0.5, 0.6) is 0 Å². The number of amides is 3. The van der Waals surface area contributed by atoms with Crippen LogP contribution in [0.15, 0.2) is 102 Å². The predicted octanol–water partition coefficient (Wildman–Crippen LogP) is 5.58. The summed E-state index contributed by atoms with van der Waals surface area (Å²) in [6, 6.07) is 27.8. The number of aliphatic hydroxyl groups excluding tert-OH is 1. The van der Waals surface area contributed by atoms with E-state index in [9.17, 15) is 27.9 Å². The Morgan fingerprint density at radius 1 is 0.789 bits per heavy atom. The van der Waals surface area contributed by atoms with Gasteiger partial charge in [-0.05, 0) is 69.2 Å². The van der Waals surface area contributed by atoms with E-state index in [4.69, 9.17) is 4.74 Å². The zero-order valence-electron chi connectivity index (χ0n) is 34.1. The molecule has 308 valence electrons. The van der Waals surface area contributed by atoms with Crippen LogP contribution in [0.25, 0.3) is 10.8 Å². The molecule has 0 bridgehead atoms. The molecule has 5 atom stereocenters. The van der Waals surface area contributed by atoms with Crippen molar-refractivity contribution in [3.8, 4) is 0 Å². The molecule has 0 aliphatic rings. The zero-order valence-corrected chi connectivity index (χ0v) is 34.9. The van der Waals surface area contributed by atoms with Crippen LogP contribution in [0.4, 0.5) is 10.5 Å². The zero-order chi connectivity index (χ0) is 41.8. The van der Waals surface area contributed by atoms with Crippen molar-refractivity contribution >= 4 is 44.4 Å². The highest BCUT2D eigenvalue weighted by Gasteiger charge is 2.33. The Balaban J connectivity index is 1.47. The number of imide groups is 1. The minimum atomic E-state index is -3.91. The van der Waals surface area contributed by atoms with E-state index in [1.165, 1.54) is 0 Å². The van der Waals surface area contributed by atoms with Crippen molar-refractivity contribution < 1.29 is 32.6 Å². The summed E-state index contributed by atoms with van der Waals surface area (Å²) in [5.74, 6) is -2.17. The fourth-order valence-corrected chi connectivity index (χ4v) is 7.97. The van der Waals surface area contributed by atoms with Gasteiger partial charge in [-0.3, -0.25) is 14.9 Å². The minimum absolute atomic E-state index is 0.00344. The summed E-state index contributed by atoms with van der Waals surface area (Å²) in [7, 11) is -0.106. The Hall–Kier alpha value is -4.82. The molecule has 13 heteroatoms. The number of nitrogens with one attached hydrogen (secondary N) is 4. The van der Waals surface area contributed by atoms with Crippen molar-refractivity contribution in [2.45, 2.75) is 89.0 Å². The molecule has 0 aliphatic heterocycles. The molecule has 0 heterocycles. The van der Waals surface area contributed by atoms with Crippen LogP contribution in [-0.2, 0) is 37.2 Å². The highest BCUT2D eigenvalue weighted by atomic mass is 32.2. The van der Waals surface area contributed by atoms with Crippen LogP contribution in [0.3, 0.4) is 0 Å². The molecule has 0 spiro atoms. The maximum atomic E-state index is 14.0. The van der Waals surface area contributed by atoms with E-state index in [1.54, 1.807) is 39.0 Å². The van der Waals surface area contributed by atoms with Gasteiger partial charge in [-0.1, -0.05) is 105 Å². The van der Waals surface area contributed by atoms with E-state index < -0.39 is 57.6 Å². The second-order valence-corrected chi connectivity index (χ2v) is 17.5. The van der Waals surface area contributed by atoms with E-state index in [-0.39, 0.29) is 43.2 Å². The van der Waals surface area contributed by atoms with Crippen LogP contribution in [-0.4, -0.2) is 82.4 Å². The molecule has 57 heavy (non-hydrogen) atoms. The lowest BCUT2D eigenvalue weighted by atomic mass is 9.88. The van der Waals surface area contributed by atoms with Gasteiger partial charge in [0.15, 0.2) is 0 Å². The normalized spacial score (nSPS) is 14.5. The number of benzene rings is 4. The standard InChI is InChI=1S/C44H59N5O7S/c1-8-30(2)40(45-25-26-46-57(54,55)39-24-16-21-34-35(39)22-15-23-37(34)49(6)7)42(52)48-41(51)33(27-31-17-11-9-12-18-31)29-38(50)36(28-32-19-13-10-14-20-32)47-43(53)56-44(3,4)5/h9-24,30,33,36,38,40,45-46,50H,8,25-29H2,1-7H3,(H,47,53)(H,48,51,52)/t30-,33?,36-,38-,40+/m0/s1. The fourth-order valence-electron chi connectivity index (χ4n) is 6.72. The number of ether oxygens (including phenoxy) is 1. The molecule has 0 aliphatic carbocycles. The second-order valence-electron chi connectivity index (χ2n) is 15.7. The molecule has 0 radical (unpaired) electrons. The predicted molar refractivity (Wildman–Crippen MR) is 225 cm³/mol. The first kappa shape index (κ1) is 44.9. The second kappa shape index (κ2) is 20.6. The van der Waals surface area contributed by atoms with Crippen LogP contribution in [0.2, 0.25) is 0 Å². The highest BCUT2D eigenvalue weighted by Crippen LogP contribution is 2.30. The number of nitrogens with zero attached hydrogens (tertiary/aromatic N) is 1. The first-order chi connectivity index (χ1) is 27.0. The third kappa shape index (κ3) is 13.4. The molecule has 0 saturated heterocycles. The lowest BCUT2D eigenvalue weighted by Crippen LogP contribution is -2.53. The molecule has 1 unspecified atom stereocenters. The van der Waals surface area contributed by atoms with Crippen LogP contribution < -0.4 is 25.6 Å². The van der Waals surface area contributed by atoms with Crippen molar-refractivity contribution in [1.82, 2.24) is 20.7 Å². The van der Waals surface area contributed by atoms with Crippen molar-refractivity contribution in [2.75, 3.05) is 32.1 Å². The van der Waals surface area contributed by atoms with Gasteiger partial charge in [-0.25, -0.2) is 17.9 Å². The molecule has 5 N–H and O–H groups in total. The smallest absolute Gasteiger partial charge is 0.407 e. The number of carbonyl (C=O) groups is 3. The van der Waals surface area contributed by atoms with E-state index in [0.717, 1.165) is 22.2 Å². The van der Waals surface area contributed by atoms with Gasteiger partial charge in [0.05, 0.1) is 23.1 Å². The summed E-state index contributed by atoms with van der Waals surface area (Å²) < 4.78 is 35.2. The number of fused-ring (bicyclic) bond motifs is 1. The van der Waals surface area contributed by atoms with E-state index in [1.807, 2.05) is 112 Å². The van der Waals surface area contributed by atoms with Crippen LogP contribution >= 0.6 is 0 Å². The summed E-state index contributed by atoms with van der Waals surface area (Å²) >= 11 is 0. The SMILES string of the molecule is CC[C@H](C)[C@@H](NCCNS(=O)(=O)c1cccc2c(N(C)C)cccc12)C(=O)NC(=O)C(Cc1ccccc1)C[C@H](O)[C@H](Cc1ccccc1)NC(=O)OC(C)(C)C. The summed E-state index contributed by atoms with van der Waals surface area (Å²) in [5, 5.41) is 21.6. The number of hydrogen-bond donors (Lipinski definition) is 5. The maximum Gasteiger partial charge on any atom is 0.407 e. The van der Waals surface area contributed by atoms with Crippen LogP contribution in [0, 0.1) is 11.8 Å². The topological polar surface area (TPSA) is 166 Å². The van der Waals surface area contributed by atoms with Gasteiger partial charge < -0.3 is 25.4 Å². The van der Waals surface area contributed by atoms with Crippen molar-refractivity contribution in [3.63, 3.8) is 0 Å². The van der Waals surface area contributed by atoms with Gasteiger partial charge in [0.25, 0.3) is 0 Å². The van der Waals surface area contributed by atoms with Gasteiger partial charge in [0.2, 0.25) is 21.8 Å². The third-order valence-corrected chi connectivity index (χ3v) is 11.4. The molecule has 0 saturated carbocycles.